The first kappa shape index (κ1) is 13.8. The molecule has 0 atom stereocenters. The fourth-order valence-corrected chi connectivity index (χ4v) is 2.25. The summed E-state index contributed by atoms with van der Waals surface area (Å²) in [5.41, 5.74) is 6.54. The van der Waals surface area contributed by atoms with Gasteiger partial charge in [-0.1, -0.05) is 35.4 Å². The lowest BCUT2D eigenvalue weighted by atomic mass is 10.1. The predicted octanol–water partition coefficient (Wildman–Crippen LogP) is 5.41. The monoisotopic (exact) mass is 271 g/mol. The summed E-state index contributed by atoms with van der Waals surface area (Å²) in [6, 6.07) is 12.3. The molecule has 0 radical (unpaired) electrons. The maximum Gasteiger partial charge on any atom is 0.0664 e. The third kappa shape index (κ3) is 3.24. The van der Waals surface area contributed by atoms with E-state index in [-0.39, 0.29) is 0 Å². The minimum absolute atomic E-state index is 0.747. The van der Waals surface area contributed by atoms with Crippen LogP contribution in [0.3, 0.4) is 0 Å². The van der Waals surface area contributed by atoms with Gasteiger partial charge in [0.1, 0.15) is 0 Å². The number of rotatable bonds is 2. The minimum Gasteiger partial charge on any atom is -0.253 e. The zero-order valence-corrected chi connectivity index (χ0v) is 12.5. The summed E-state index contributed by atoms with van der Waals surface area (Å²) in [5, 5.41) is 0.747. The van der Waals surface area contributed by atoms with Crippen molar-refractivity contribution in [2.45, 2.75) is 27.7 Å². The SMILES string of the molecule is C/C(=N\c1cc(C)ccc1C)c1cc(C)ccc1Cl. The van der Waals surface area contributed by atoms with Crippen LogP contribution in [0.4, 0.5) is 5.69 Å². The number of hydrogen-bond acceptors (Lipinski definition) is 1. The second-order valence-corrected chi connectivity index (χ2v) is 5.38. The Balaban J connectivity index is 2.48. The van der Waals surface area contributed by atoms with Crippen LogP contribution in [0.1, 0.15) is 29.2 Å². The summed E-state index contributed by atoms with van der Waals surface area (Å²) in [6.45, 7) is 8.21. The second kappa shape index (κ2) is 5.58. The summed E-state index contributed by atoms with van der Waals surface area (Å²) in [4.78, 5) is 4.72. The molecule has 0 heterocycles. The fraction of sp³-hybridized carbons (Fsp3) is 0.235. The van der Waals surface area contributed by atoms with E-state index in [1.54, 1.807) is 0 Å². The molecule has 0 N–H and O–H groups in total. The highest BCUT2D eigenvalue weighted by molar-refractivity contribution is 6.34. The zero-order valence-electron chi connectivity index (χ0n) is 11.8. The summed E-state index contributed by atoms with van der Waals surface area (Å²) >= 11 is 6.25. The average Bonchev–Trinajstić information content (AvgIpc) is 2.36. The van der Waals surface area contributed by atoms with Gasteiger partial charge in [0, 0.05) is 16.3 Å². The Hall–Kier alpha value is -1.60. The van der Waals surface area contributed by atoms with Crippen molar-refractivity contribution < 1.29 is 0 Å². The van der Waals surface area contributed by atoms with Crippen LogP contribution < -0.4 is 0 Å². The van der Waals surface area contributed by atoms with E-state index in [1.807, 2.05) is 19.1 Å². The van der Waals surface area contributed by atoms with Crippen molar-refractivity contribution in [1.82, 2.24) is 0 Å². The van der Waals surface area contributed by atoms with Crippen LogP contribution in [0.5, 0.6) is 0 Å². The van der Waals surface area contributed by atoms with Gasteiger partial charge in [0.2, 0.25) is 0 Å². The van der Waals surface area contributed by atoms with Crippen LogP contribution in [-0.4, -0.2) is 5.71 Å². The number of aryl methyl sites for hydroxylation is 3. The fourth-order valence-electron chi connectivity index (χ4n) is 2.00. The van der Waals surface area contributed by atoms with Gasteiger partial charge in [-0.2, -0.15) is 0 Å². The molecular weight excluding hydrogens is 254 g/mol. The van der Waals surface area contributed by atoms with Crippen LogP contribution in [0.2, 0.25) is 5.02 Å². The van der Waals surface area contributed by atoms with Crippen molar-refractivity contribution in [3.05, 3.63) is 63.7 Å². The van der Waals surface area contributed by atoms with Gasteiger partial charge in [-0.25, -0.2) is 0 Å². The van der Waals surface area contributed by atoms with Gasteiger partial charge in [0.25, 0.3) is 0 Å². The Labute approximate surface area is 120 Å². The summed E-state index contributed by atoms with van der Waals surface area (Å²) in [6.07, 6.45) is 0. The van der Waals surface area contributed by atoms with Crippen molar-refractivity contribution in [2.24, 2.45) is 4.99 Å². The molecular formula is C17H18ClN. The Morgan fingerprint density at radius 3 is 2.32 bits per heavy atom. The predicted molar refractivity (Wildman–Crippen MR) is 84.0 cm³/mol. The molecule has 0 aliphatic rings. The molecule has 0 aromatic heterocycles. The first-order valence-electron chi connectivity index (χ1n) is 6.36. The van der Waals surface area contributed by atoms with Gasteiger partial charge in [0.15, 0.2) is 0 Å². The summed E-state index contributed by atoms with van der Waals surface area (Å²) in [5.74, 6) is 0. The van der Waals surface area contributed by atoms with E-state index in [0.717, 1.165) is 22.0 Å². The standard InChI is InChI=1S/C17H18ClN/c1-11-6-8-16(18)15(9-11)14(4)19-17-10-12(2)5-7-13(17)3/h5-10H,1-4H3/b19-14+. The molecule has 19 heavy (non-hydrogen) atoms. The van der Waals surface area contributed by atoms with E-state index in [1.165, 1.54) is 16.7 Å². The van der Waals surface area contributed by atoms with Gasteiger partial charge in [0.05, 0.1) is 5.69 Å². The van der Waals surface area contributed by atoms with Crippen molar-refractivity contribution in [2.75, 3.05) is 0 Å². The molecule has 0 bridgehead atoms. The molecule has 0 saturated carbocycles. The maximum absolute atomic E-state index is 6.25. The number of benzene rings is 2. The summed E-state index contributed by atoms with van der Waals surface area (Å²) in [7, 11) is 0. The molecule has 2 aromatic carbocycles. The van der Waals surface area contributed by atoms with Crippen molar-refractivity contribution in [3.8, 4) is 0 Å². The Kier molecular flexibility index (Phi) is 4.06. The normalized spacial score (nSPS) is 11.7. The molecule has 2 rings (SSSR count). The molecule has 0 amide bonds. The molecule has 2 aromatic rings. The van der Waals surface area contributed by atoms with Gasteiger partial charge in [-0.15, -0.1) is 0 Å². The first-order valence-corrected chi connectivity index (χ1v) is 6.74. The quantitative estimate of drug-likeness (QED) is 0.648. The molecule has 0 unspecified atom stereocenters. The van der Waals surface area contributed by atoms with Crippen LogP contribution >= 0.6 is 11.6 Å². The van der Waals surface area contributed by atoms with Gasteiger partial charge in [-0.3, -0.25) is 4.99 Å². The van der Waals surface area contributed by atoms with Crippen molar-refractivity contribution >= 4 is 23.0 Å². The van der Waals surface area contributed by atoms with E-state index >= 15 is 0 Å². The highest BCUT2D eigenvalue weighted by atomic mass is 35.5. The maximum atomic E-state index is 6.25. The molecule has 0 saturated heterocycles. The van der Waals surface area contributed by atoms with Gasteiger partial charge < -0.3 is 0 Å². The highest BCUT2D eigenvalue weighted by Gasteiger charge is 2.05. The lowest BCUT2D eigenvalue weighted by Gasteiger charge is -2.07. The molecule has 1 nitrogen and oxygen atoms in total. The third-order valence-corrected chi connectivity index (χ3v) is 3.49. The molecule has 2 heteroatoms. The van der Waals surface area contributed by atoms with E-state index in [0.29, 0.717) is 0 Å². The molecule has 0 fully saturated rings. The van der Waals surface area contributed by atoms with E-state index in [2.05, 4.69) is 45.0 Å². The van der Waals surface area contributed by atoms with E-state index in [4.69, 9.17) is 16.6 Å². The number of aliphatic imine (C=N–C) groups is 1. The van der Waals surface area contributed by atoms with Crippen LogP contribution in [0, 0.1) is 20.8 Å². The molecule has 98 valence electrons. The van der Waals surface area contributed by atoms with Crippen LogP contribution in [0.25, 0.3) is 0 Å². The minimum atomic E-state index is 0.747. The first-order chi connectivity index (χ1) is 8.97. The Morgan fingerprint density at radius 1 is 0.947 bits per heavy atom. The van der Waals surface area contributed by atoms with E-state index in [9.17, 15) is 0 Å². The number of halogens is 1. The number of nitrogens with zero attached hydrogens (tertiary/aromatic N) is 1. The molecule has 0 spiro atoms. The molecule has 0 aliphatic heterocycles. The Morgan fingerprint density at radius 2 is 1.58 bits per heavy atom. The van der Waals surface area contributed by atoms with Crippen molar-refractivity contribution in [1.29, 1.82) is 0 Å². The van der Waals surface area contributed by atoms with E-state index < -0.39 is 0 Å². The average molecular weight is 272 g/mol. The smallest absolute Gasteiger partial charge is 0.0664 e. The Bertz CT molecular complexity index is 642. The molecule has 0 aliphatic carbocycles. The lowest BCUT2D eigenvalue weighted by Crippen LogP contribution is -1.96. The van der Waals surface area contributed by atoms with Gasteiger partial charge >= 0.3 is 0 Å². The zero-order chi connectivity index (χ0) is 14.0. The highest BCUT2D eigenvalue weighted by Crippen LogP contribution is 2.24. The number of hydrogen-bond donors (Lipinski definition) is 0. The van der Waals surface area contributed by atoms with Gasteiger partial charge in [-0.05, 0) is 57.0 Å². The van der Waals surface area contributed by atoms with Crippen LogP contribution in [-0.2, 0) is 0 Å². The lowest BCUT2D eigenvalue weighted by molar-refractivity contribution is 1.34. The second-order valence-electron chi connectivity index (χ2n) is 4.97. The van der Waals surface area contributed by atoms with Crippen molar-refractivity contribution in [3.63, 3.8) is 0 Å². The summed E-state index contributed by atoms with van der Waals surface area (Å²) < 4.78 is 0. The third-order valence-electron chi connectivity index (χ3n) is 3.16. The largest absolute Gasteiger partial charge is 0.253 e. The topological polar surface area (TPSA) is 12.4 Å². The van der Waals surface area contributed by atoms with Crippen LogP contribution in [0.15, 0.2) is 41.4 Å².